The van der Waals surface area contributed by atoms with Crippen molar-refractivity contribution in [3.63, 3.8) is 0 Å². The number of nitrogens with one attached hydrogen (secondary N) is 1. The normalized spacial score (nSPS) is 11.5. The molecule has 0 saturated heterocycles. The van der Waals surface area contributed by atoms with E-state index in [1.807, 2.05) is 19.2 Å². The van der Waals surface area contributed by atoms with Crippen LogP contribution < -0.4 is 11.1 Å². The Bertz CT molecular complexity index is 385. The molecule has 1 aromatic rings. The number of rotatable bonds is 4. The Morgan fingerprint density at radius 3 is 2.76 bits per heavy atom. The molecule has 0 spiro atoms. The number of hydrogen-bond donors (Lipinski definition) is 2. The molecule has 3 N–H and O–H groups in total. The summed E-state index contributed by atoms with van der Waals surface area (Å²) >= 11 is 1.73. The highest BCUT2D eigenvalue weighted by atomic mass is 35.5. The lowest BCUT2D eigenvalue weighted by Gasteiger charge is -2.11. The highest BCUT2D eigenvalue weighted by Gasteiger charge is 2.10. The van der Waals surface area contributed by atoms with Crippen molar-refractivity contribution in [1.82, 2.24) is 5.32 Å². The Labute approximate surface area is 113 Å². The number of carbonyl (C=O) groups is 1. The van der Waals surface area contributed by atoms with Gasteiger partial charge in [0.2, 0.25) is 0 Å². The number of halogens is 1. The Morgan fingerprint density at radius 2 is 2.18 bits per heavy atom. The topological polar surface area (TPSA) is 55.1 Å². The van der Waals surface area contributed by atoms with E-state index in [1.165, 1.54) is 0 Å². The van der Waals surface area contributed by atoms with Gasteiger partial charge in [0, 0.05) is 23.0 Å². The molecule has 1 amide bonds. The average molecular weight is 275 g/mol. The molecule has 0 bridgehead atoms. The fraction of sp³-hybridized carbons (Fsp3) is 0.417. The maximum absolute atomic E-state index is 11.9. The molecule has 3 nitrogen and oxygen atoms in total. The lowest BCUT2D eigenvalue weighted by molar-refractivity contribution is 0.0953. The Hall–Kier alpha value is -0.870. The minimum absolute atomic E-state index is 0. The first kappa shape index (κ1) is 16.1. The predicted octanol–water partition coefficient (Wildman–Crippen LogP) is 2.48. The van der Waals surface area contributed by atoms with E-state index < -0.39 is 0 Å². The first-order valence-electron chi connectivity index (χ1n) is 5.21. The molecule has 1 atom stereocenters. The quantitative estimate of drug-likeness (QED) is 0.830. The highest BCUT2D eigenvalue weighted by molar-refractivity contribution is 7.99. The van der Waals surface area contributed by atoms with Crippen molar-refractivity contribution in [3.05, 3.63) is 29.3 Å². The number of benzene rings is 1. The maximum atomic E-state index is 11.9. The summed E-state index contributed by atoms with van der Waals surface area (Å²) in [5, 5.41) is 3.32. The number of carbonyl (C=O) groups excluding carboxylic acids is 1. The van der Waals surface area contributed by atoms with Crippen molar-refractivity contribution >= 4 is 35.8 Å². The highest BCUT2D eigenvalue weighted by Crippen LogP contribution is 2.12. The lowest BCUT2D eigenvalue weighted by atomic mass is 10.1. The van der Waals surface area contributed by atoms with Crippen molar-refractivity contribution in [2.75, 3.05) is 18.5 Å². The van der Waals surface area contributed by atoms with Crippen LogP contribution in [0.5, 0.6) is 0 Å². The van der Waals surface area contributed by atoms with E-state index in [0.717, 1.165) is 5.56 Å². The van der Waals surface area contributed by atoms with Gasteiger partial charge in [0.05, 0.1) is 0 Å². The number of amides is 1. The zero-order chi connectivity index (χ0) is 12.1. The fourth-order valence-electron chi connectivity index (χ4n) is 1.30. The molecule has 96 valence electrons. The minimum atomic E-state index is -0.0503. The van der Waals surface area contributed by atoms with Gasteiger partial charge in [-0.25, -0.2) is 0 Å². The van der Waals surface area contributed by atoms with Gasteiger partial charge in [0.15, 0.2) is 0 Å². The van der Waals surface area contributed by atoms with Gasteiger partial charge in [-0.3, -0.25) is 4.79 Å². The molecule has 0 aliphatic rings. The molecule has 0 saturated carbocycles. The largest absolute Gasteiger partial charge is 0.399 e. The average Bonchev–Trinajstić information content (AvgIpc) is 2.28. The SMILES string of the molecule is CSC(C)CNC(=O)c1cc(N)ccc1C.Cl. The van der Waals surface area contributed by atoms with Crippen LogP contribution in [0, 0.1) is 6.92 Å². The number of aryl methyl sites for hydroxylation is 1. The zero-order valence-electron chi connectivity index (χ0n) is 10.3. The van der Waals surface area contributed by atoms with Crippen LogP contribution in [0.1, 0.15) is 22.8 Å². The lowest BCUT2D eigenvalue weighted by Crippen LogP contribution is -2.29. The number of hydrogen-bond acceptors (Lipinski definition) is 3. The first-order chi connectivity index (χ1) is 7.54. The second kappa shape index (κ2) is 7.45. The number of nitrogens with two attached hydrogens (primary N) is 1. The van der Waals surface area contributed by atoms with Crippen molar-refractivity contribution < 1.29 is 4.79 Å². The van der Waals surface area contributed by atoms with Crippen LogP contribution in [-0.4, -0.2) is 24.0 Å². The van der Waals surface area contributed by atoms with Crippen molar-refractivity contribution in [2.45, 2.75) is 19.1 Å². The summed E-state index contributed by atoms with van der Waals surface area (Å²) in [6.45, 7) is 4.66. The summed E-state index contributed by atoms with van der Waals surface area (Å²) in [4.78, 5) is 11.9. The first-order valence-corrected chi connectivity index (χ1v) is 6.50. The van der Waals surface area contributed by atoms with E-state index >= 15 is 0 Å². The van der Waals surface area contributed by atoms with Crippen LogP contribution in [0.25, 0.3) is 0 Å². The van der Waals surface area contributed by atoms with Gasteiger partial charge < -0.3 is 11.1 Å². The van der Waals surface area contributed by atoms with E-state index in [-0.39, 0.29) is 18.3 Å². The van der Waals surface area contributed by atoms with Crippen LogP contribution in [-0.2, 0) is 0 Å². The molecule has 0 aliphatic carbocycles. The van der Waals surface area contributed by atoms with Gasteiger partial charge in [0.25, 0.3) is 5.91 Å². The second-order valence-corrected chi connectivity index (χ2v) is 5.11. The summed E-state index contributed by atoms with van der Waals surface area (Å²) in [5.41, 5.74) is 7.89. The van der Waals surface area contributed by atoms with E-state index in [4.69, 9.17) is 5.73 Å². The van der Waals surface area contributed by atoms with Gasteiger partial charge in [-0.2, -0.15) is 11.8 Å². The van der Waals surface area contributed by atoms with Gasteiger partial charge in [0.1, 0.15) is 0 Å². The fourth-order valence-corrected chi connectivity index (χ4v) is 1.55. The van der Waals surface area contributed by atoms with E-state index in [2.05, 4.69) is 12.2 Å². The molecule has 0 aromatic heterocycles. The van der Waals surface area contributed by atoms with Crippen molar-refractivity contribution in [2.24, 2.45) is 0 Å². The third kappa shape index (κ3) is 4.88. The minimum Gasteiger partial charge on any atom is -0.399 e. The van der Waals surface area contributed by atoms with E-state index in [9.17, 15) is 4.79 Å². The Kier molecular flexibility index (Phi) is 7.07. The van der Waals surface area contributed by atoms with Crippen molar-refractivity contribution in [1.29, 1.82) is 0 Å². The number of nitrogen functional groups attached to an aromatic ring is 1. The predicted molar refractivity (Wildman–Crippen MR) is 78.1 cm³/mol. The summed E-state index contributed by atoms with van der Waals surface area (Å²) in [6, 6.07) is 5.38. The van der Waals surface area contributed by atoms with Crippen LogP contribution in [0.3, 0.4) is 0 Å². The third-order valence-corrected chi connectivity index (χ3v) is 3.43. The van der Waals surface area contributed by atoms with Gasteiger partial charge in [-0.05, 0) is 30.9 Å². The monoisotopic (exact) mass is 274 g/mol. The summed E-state index contributed by atoms with van der Waals surface area (Å²) in [7, 11) is 0. The maximum Gasteiger partial charge on any atom is 0.251 e. The molecule has 0 fully saturated rings. The Balaban J connectivity index is 0.00000256. The third-order valence-electron chi connectivity index (χ3n) is 2.46. The van der Waals surface area contributed by atoms with Gasteiger partial charge in [-0.1, -0.05) is 13.0 Å². The van der Waals surface area contributed by atoms with Crippen LogP contribution >= 0.6 is 24.2 Å². The molecular formula is C12H19ClN2OS. The smallest absolute Gasteiger partial charge is 0.251 e. The van der Waals surface area contributed by atoms with Gasteiger partial charge in [-0.15, -0.1) is 12.4 Å². The molecule has 1 unspecified atom stereocenters. The molecule has 0 aliphatic heterocycles. The molecule has 1 aromatic carbocycles. The standard InChI is InChI=1S/C12H18N2OS.ClH/c1-8-4-5-10(13)6-11(8)12(15)14-7-9(2)16-3;/h4-6,9H,7,13H2,1-3H3,(H,14,15);1H. The van der Waals surface area contributed by atoms with E-state index in [1.54, 1.807) is 23.9 Å². The summed E-state index contributed by atoms with van der Waals surface area (Å²) < 4.78 is 0. The van der Waals surface area contributed by atoms with E-state index in [0.29, 0.717) is 23.0 Å². The second-order valence-electron chi connectivity index (χ2n) is 3.83. The number of anilines is 1. The van der Waals surface area contributed by atoms with Crippen molar-refractivity contribution in [3.8, 4) is 0 Å². The summed E-state index contributed by atoms with van der Waals surface area (Å²) in [6.07, 6.45) is 2.03. The molecule has 0 heterocycles. The summed E-state index contributed by atoms with van der Waals surface area (Å²) in [5.74, 6) is -0.0503. The van der Waals surface area contributed by atoms with Crippen LogP contribution in [0.2, 0.25) is 0 Å². The molecule has 17 heavy (non-hydrogen) atoms. The molecule has 1 rings (SSSR count). The van der Waals surface area contributed by atoms with Crippen LogP contribution in [0.15, 0.2) is 18.2 Å². The Morgan fingerprint density at radius 1 is 1.53 bits per heavy atom. The van der Waals surface area contributed by atoms with Gasteiger partial charge >= 0.3 is 0 Å². The molecule has 0 radical (unpaired) electrons. The molecular weight excluding hydrogens is 256 g/mol. The van der Waals surface area contributed by atoms with Crippen LogP contribution in [0.4, 0.5) is 5.69 Å². The molecule has 5 heteroatoms. The zero-order valence-corrected chi connectivity index (χ0v) is 12.0. The number of thioether (sulfide) groups is 1.